The summed E-state index contributed by atoms with van der Waals surface area (Å²) in [6, 6.07) is 3.87. The Morgan fingerprint density at radius 3 is 2.74 bits per heavy atom. The number of ether oxygens (including phenoxy) is 1. The first-order valence-corrected chi connectivity index (χ1v) is 10.7. The highest BCUT2D eigenvalue weighted by Gasteiger charge is 2.33. The van der Waals surface area contributed by atoms with Crippen LogP contribution in [0.4, 0.5) is 13.2 Å². The fraction of sp³-hybridized carbons (Fsp3) is 0.714. The van der Waals surface area contributed by atoms with Crippen LogP contribution in [0.3, 0.4) is 0 Å². The monoisotopic (exact) mass is 555 g/mol. The quantitative estimate of drug-likeness (QED) is 0.286. The fourth-order valence-corrected chi connectivity index (χ4v) is 3.74. The van der Waals surface area contributed by atoms with Crippen LogP contribution in [-0.4, -0.2) is 73.3 Å². The summed E-state index contributed by atoms with van der Waals surface area (Å²) >= 11 is 0. The Morgan fingerprint density at radius 1 is 1.32 bits per heavy atom. The van der Waals surface area contributed by atoms with Crippen molar-refractivity contribution in [3.8, 4) is 5.88 Å². The van der Waals surface area contributed by atoms with Gasteiger partial charge < -0.3 is 15.0 Å². The van der Waals surface area contributed by atoms with Gasteiger partial charge in [0.15, 0.2) is 5.96 Å². The number of rotatable bonds is 9. The maximum Gasteiger partial charge on any atom is 0.401 e. The second kappa shape index (κ2) is 12.1. The van der Waals surface area contributed by atoms with E-state index >= 15 is 0 Å². The van der Waals surface area contributed by atoms with Crippen LogP contribution in [0.1, 0.15) is 31.7 Å². The molecule has 10 heteroatoms. The highest BCUT2D eigenvalue weighted by molar-refractivity contribution is 14.0. The predicted octanol–water partition coefficient (Wildman–Crippen LogP) is 3.77. The topological polar surface area (TPSA) is 53.0 Å². The SMILES string of the molecule is CCN(CC1CCN(C(=NC)NCc2ccnc(OCC3CC3)c2)C1)CC(F)(F)F.I. The Bertz CT molecular complexity index is 715. The summed E-state index contributed by atoms with van der Waals surface area (Å²) in [5.74, 6) is 2.29. The summed E-state index contributed by atoms with van der Waals surface area (Å²) in [5.41, 5.74) is 1.05. The lowest BCUT2D eigenvalue weighted by molar-refractivity contribution is -0.146. The number of alkyl halides is 3. The Labute approximate surface area is 199 Å². The van der Waals surface area contributed by atoms with E-state index in [2.05, 4.69) is 20.2 Å². The number of aromatic nitrogens is 1. The van der Waals surface area contributed by atoms with E-state index in [9.17, 15) is 13.2 Å². The highest BCUT2D eigenvalue weighted by atomic mass is 127. The molecule has 1 aliphatic heterocycles. The Morgan fingerprint density at radius 2 is 2.10 bits per heavy atom. The zero-order valence-electron chi connectivity index (χ0n) is 18.2. The van der Waals surface area contributed by atoms with E-state index < -0.39 is 12.7 Å². The Kier molecular flexibility index (Phi) is 10.1. The average molecular weight is 555 g/mol. The van der Waals surface area contributed by atoms with E-state index in [-0.39, 0.29) is 29.9 Å². The van der Waals surface area contributed by atoms with Crippen molar-refractivity contribution in [3.63, 3.8) is 0 Å². The van der Waals surface area contributed by atoms with Crippen LogP contribution in [-0.2, 0) is 6.54 Å². The summed E-state index contributed by atoms with van der Waals surface area (Å²) in [6.07, 6.45) is 0.927. The van der Waals surface area contributed by atoms with E-state index in [1.807, 2.05) is 12.1 Å². The smallest absolute Gasteiger partial charge is 0.401 e. The number of pyridine rings is 1. The van der Waals surface area contributed by atoms with Gasteiger partial charge in [0, 0.05) is 45.5 Å². The van der Waals surface area contributed by atoms with Crippen LogP contribution in [0.25, 0.3) is 0 Å². The molecule has 0 amide bonds. The van der Waals surface area contributed by atoms with E-state index in [1.165, 1.54) is 17.7 Å². The molecule has 176 valence electrons. The van der Waals surface area contributed by atoms with Gasteiger partial charge in [0.05, 0.1) is 13.2 Å². The number of hydrogen-bond acceptors (Lipinski definition) is 4. The summed E-state index contributed by atoms with van der Waals surface area (Å²) in [5, 5.41) is 3.36. The van der Waals surface area contributed by atoms with E-state index in [4.69, 9.17) is 4.74 Å². The van der Waals surface area contributed by atoms with Gasteiger partial charge in [-0.25, -0.2) is 4.98 Å². The molecule has 0 bridgehead atoms. The molecule has 1 saturated carbocycles. The molecule has 6 nitrogen and oxygen atoms in total. The zero-order valence-corrected chi connectivity index (χ0v) is 20.5. The second-order valence-corrected chi connectivity index (χ2v) is 8.20. The molecule has 1 saturated heterocycles. The number of likely N-dealkylation sites (tertiary alicyclic amines) is 1. The first-order valence-electron chi connectivity index (χ1n) is 10.7. The number of hydrogen-bond donors (Lipinski definition) is 1. The van der Waals surface area contributed by atoms with Crippen LogP contribution in [0.2, 0.25) is 0 Å². The van der Waals surface area contributed by atoms with Crippen molar-refractivity contribution >= 4 is 29.9 Å². The van der Waals surface area contributed by atoms with Gasteiger partial charge >= 0.3 is 6.18 Å². The largest absolute Gasteiger partial charge is 0.477 e. The van der Waals surface area contributed by atoms with Crippen molar-refractivity contribution in [2.45, 2.75) is 38.9 Å². The van der Waals surface area contributed by atoms with Gasteiger partial charge in [-0.2, -0.15) is 13.2 Å². The normalized spacial score (nSPS) is 19.5. The molecule has 1 atom stereocenters. The number of nitrogens with zero attached hydrogens (tertiary/aromatic N) is 4. The van der Waals surface area contributed by atoms with Gasteiger partial charge in [-0.05, 0) is 49.3 Å². The molecule has 3 rings (SSSR count). The van der Waals surface area contributed by atoms with Crippen molar-refractivity contribution in [3.05, 3.63) is 23.9 Å². The summed E-state index contributed by atoms with van der Waals surface area (Å²) in [6.45, 7) is 4.59. The Balaban J connectivity index is 0.00000341. The molecule has 0 aromatic carbocycles. The van der Waals surface area contributed by atoms with Crippen LogP contribution in [0.5, 0.6) is 5.88 Å². The molecule has 0 radical (unpaired) electrons. The first kappa shape index (κ1) is 26.0. The summed E-state index contributed by atoms with van der Waals surface area (Å²) in [4.78, 5) is 12.2. The Hall–Kier alpha value is -1.30. The van der Waals surface area contributed by atoms with Gasteiger partial charge in [-0.3, -0.25) is 9.89 Å². The molecule has 2 fully saturated rings. The lowest BCUT2D eigenvalue weighted by atomic mass is 10.1. The van der Waals surface area contributed by atoms with Crippen molar-refractivity contribution in [1.82, 2.24) is 20.1 Å². The minimum absolute atomic E-state index is 0. The third-order valence-electron chi connectivity index (χ3n) is 5.58. The van der Waals surface area contributed by atoms with Crippen LogP contribution in [0, 0.1) is 11.8 Å². The maximum absolute atomic E-state index is 12.7. The molecule has 2 aliphatic rings. The van der Waals surface area contributed by atoms with Crippen LogP contribution in [0.15, 0.2) is 23.3 Å². The molecular formula is C21H33F3IN5O. The fourth-order valence-electron chi connectivity index (χ4n) is 3.74. The molecule has 31 heavy (non-hydrogen) atoms. The predicted molar refractivity (Wildman–Crippen MR) is 126 cm³/mol. The third-order valence-corrected chi connectivity index (χ3v) is 5.58. The van der Waals surface area contributed by atoms with Crippen molar-refractivity contribution in [2.24, 2.45) is 16.8 Å². The van der Waals surface area contributed by atoms with Gasteiger partial charge in [0.2, 0.25) is 5.88 Å². The molecule has 1 N–H and O–H groups in total. The molecular weight excluding hydrogens is 522 g/mol. The number of halogens is 4. The molecule has 1 aromatic heterocycles. The van der Waals surface area contributed by atoms with Crippen molar-refractivity contribution in [1.29, 1.82) is 0 Å². The standard InChI is InChI=1S/C21H32F3N5O.HI/c1-3-28(15-21(22,23)24)12-18-7-9-29(13-18)20(25-2)27-11-17-6-8-26-19(10-17)30-14-16-4-5-16;/h6,8,10,16,18H,3-5,7,9,11-15H2,1-2H3,(H,25,27);1H. The minimum Gasteiger partial charge on any atom is -0.477 e. The lowest BCUT2D eigenvalue weighted by Gasteiger charge is -2.26. The molecule has 0 spiro atoms. The average Bonchev–Trinajstić information content (AvgIpc) is 3.43. The minimum atomic E-state index is -4.16. The maximum atomic E-state index is 12.7. The second-order valence-electron chi connectivity index (χ2n) is 8.20. The molecule has 2 heterocycles. The van der Waals surface area contributed by atoms with Gasteiger partial charge in [0.25, 0.3) is 0 Å². The summed E-state index contributed by atoms with van der Waals surface area (Å²) < 4.78 is 43.9. The van der Waals surface area contributed by atoms with Crippen molar-refractivity contribution < 1.29 is 17.9 Å². The van der Waals surface area contributed by atoms with Crippen molar-refractivity contribution in [2.75, 3.05) is 46.4 Å². The molecule has 1 unspecified atom stereocenters. The number of aliphatic imine (C=N–C) groups is 1. The number of nitrogens with one attached hydrogen (secondary N) is 1. The van der Waals surface area contributed by atoms with E-state index in [0.717, 1.165) is 31.1 Å². The van der Waals surface area contributed by atoms with Crippen LogP contribution < -0.4 is 10.1 Å². The first-order chi connectivity index (χ1) is 14.4. The lowest BCUT2D eigenvalue weighted by Crippen LogP contribution is -2.41. The summed E-state index contributed by atoms with van der Waals surface area (Å²) in [7, 11) is 1.73. The highest BCUT2D eigenvalue weighted by Crippen LogP contribution is 2.29. The molecule has 1 aliphatic carbocycles. The third kappa shape index (κ3) is 8.99. The van der Waals surface area contributed by atoms with Gasteiger partial charge in [-0.15, -0.1) is 24.0 Å². The molecule has 1 aromatic rings. The van der Waals surface area contributed by atoms with Gasteiger partial charge in [0.1, 0.15) is 0 Å². The van der Waals surface area contributed by atoms with E-state index in [1.54, 1.807) is 20.2 Å². The van der Waals surface area contributed by atoms with E-state index in [0.29, 0.717) is 38.0 Å². The number of guanidine groups is 1. The van der Waals surface area contributed by atoms with Gasteiger partial charge in [-0.1, -0.05) is 6.92 Å². The van der Waals surface area contributed by atoms with Crippen LogP contribution >= 0.6 is 24.0 Å². The zero-order chi connectivity index (χ0) is 21.6.